The zero-order chi connectivity index (χ0) is 7.56. The fourth-order valence-electron chi connectivity index (χ4n) is 0.862. The topological polar surface area (TPSA) is 38.8 Å². The van der Waals surface area contributed by atoms with Crippen molar-refractivity contribution in [1.82, 2.24) is 0 Å². The second-order valence-electron chi connectivity index (χ2n) is 2.63. The number of carbonyl (C=O) groups is 1. The normalized spacial score (nSPS) is 25.6. The summed E-state index contributed by atoms with van der Waals surface area (Å²) in [6.45, 7) is 2.80. The van der Waals surface area contributed by atoms with Crippen molar-refractivity contribution >= 4 is 5.97 Å². The first-order chi connectivity index (χ1) is 4.74. The van der Waals surface area contributed by atoms with Gasteiger partial charge in [0.05, 0.1) is 26.2 Å². The molecule has 1 fully saturated rings. The lowest BCUT2D eigenvalue weighted by atomic mass is 10.1. The van der Waals surface area contributed by atoms with Crippen molar-refractivity contribution in [2.24, 2.45) is 5.92 Å². The van der Waals surface area contributed by atoms with Gasteiger partial charge in [-0.1, -0.05) is 6.92 Å². The van der Waals surface area contributed by atoms with Gasteiger partial charge in [-0.3, -0.25) is 4.79 Å². The third-order valence-corrected chi connectivity index (χ3v) is 1.71. The smallest absolute Gasteiger partial charge is 0.305 e. The summed E-state index contributed by atoms with van der Waals surface area (Å²) in [6.07, 6.45) is 0.778. The molecule has 2 atom stereocenters. The van der Waals surface area contributed by atoms with E-state index in [1.807, 2.05) is 6.92 Å². The number of rotatable bonds is 3. The van der Waals surface area contributed by atoms with Crippen molar-refractivity contribution in [2.45, 2.75) is 19.4 Å². The van der Waals surface area contributed by atoms with Crippen molar-refractivity contribution in [1.29, 1.82) is 0 Å². The maximum absolute atomic E-state index is 10.7. The lowest BCUT2D eigenvalue weighted by Gasteiger charge is -2.04. The van der Waals surface area contributed by atoms with Crippen LogP contribution in [0.5, 0.6) is 0 Å². The zero-order valence-electron chi connectivity index (χ0n) is 6.29. The van der Waals surface area contributed by atoms with Crippen molar-refractivity contribution < 1.29 is 14.3 Å². The van der Waals surface area contributed by atoms with Crippen LogP contribution < -0.4 is 0 Å². The summed E-state index contributed by atoms with van der Waals surface area (Å²) in [5.41, 5.74) is 0. The van der Waals surface area contributed by atoms with Gasteiger partial charge < -0.3 is 9.47 Å². The fraction of sp³-hybridized carbons (Fsp3) is 0.857. The first-order valence-corrected chi connectivity index (χ1v) is 3.42. The van der Waals surface area contributed by atoms with Crippen LogP contribution in [0.1, 0.15) is 13.3 Å². The molecule has 0 aromatic rings. The van der Waals surface area contributed by atoms with Gasteiger partial charge in [0.15, 0.2) is 0 Å². The van der Waals surface area contributed by atoms with Crippen LogP contribution >= 0.6 is 0 Å². The number of ether oxygens (including phenoxy) is 2. The van der Waals surface area contributed by atoms with Gasteiger partial charge in [-0.2, -0.15) is 0 Å². The Morgan fingerprint density at radius 1 is 1.90 bits per heavy atom. The van der Waals surface area contributed by atoms with E-state index in [-0.39, 0.29) is 5.97 Å². The zero-order valence-corrected chi connectivity index (χ0v) is 6.29. The van der Waals surface area contributed by atoms with E-state index in [9.17, 15) is 4.79 Å². The molecule has 0 unspecified atom stereocenters. The molecule has 0 bridgehead atoms. The standard InChI is InChI=1S/C7H12O3/c1-5(6-4-10-6)3-7(8)9-2/h5-6H,3-4H2,1-2H3/t5-,6+/m0/s1. The predicted molar refractivity (Wildman–Crippen MR) is 35.5 cm³/mol. The molecule has 1 rings (SSSR count). The van der Waals surface area contributed by atoms with Gasteiger partial charge in [0.1, 0.15) is 0 Å². The number of epoxide rings is 1. The van der Waals surface area contributed by atoms with Crippen LogP contribution in [0.2, 0.25) is 0 Å². The molecule has 0 aromatic heterocycles. The maximum Gasteiger partial charge on any atom is 0.305 e. The Hall–Kier alpha value is -0.570. The first-order valence-electron chi connectivity index (χ1n) is 3.42. The van der Waals surface area contributed by atoms with Gasteiger partial charge in [0.25, 0.3) is 0 Å². The molecular formula is C7H12O3. The van der Waals surface area contributed by atoms with Gasteiger partial charge in [-0.15, -0.1) is 0 Å². The van der Waals surface area contributed by atoms with Crippen LogP contribution in [0.25, 0.3) is 0 Å². The number of hydrogen-bond acceptors (Lipinski definition) is 3. The highest BCUT2D eigenvalue weighted by atomic mass is 16.6. The van der Waals surface area contributed by atoms with E-state index in [0.717, 1.165) is 6.61 Å². The van der Waals surface area contributed by atoms with Gasteiger partial charge in [-0.25, -0.2) is 0 Å². The Bertz CT molecular complexity index is 129. The summed E-state index contributed by atoms with van der Waals surface area (Å²) in [4.78, 5) is 10.7. The summed E-state index contributed by atoms with van der Waals surface area (Å²) in [5, 5.41) is 0. The molecule has 58 valence electrons. The van der Waals surface area contributed by atoms with Gasteiger partial charge >= 0.3 is 5.97 Å². The third-order valence-electron chi connectivity index (χ3n) is 1.71. The van der Waals surface area contributed by atoms with E-state index in [1.54, 1.807) is 0 Å². The minimum absolute atomic E-state index is 0.150. The van der Waals surface area contributed by atoms with E-state index in [0.29, 0.717) is 18.4 Å². The van der Waals surface area contributed by atoms with Crippen molar-refractivity contribution in [3.05, 3.63) is 0 Å². The Kier molecular flexibility index (Phi) is 2.27. The fourth-order valence-corrected chi connectivity index (χ4v) is 0.862. The van der Waals surface area contributed by atoms with Gasteiger partial charge in [0, 0.05) is 0 Å². The van der Waals surface area contributed by atoms with E-state index in [1.165, 1.54) is 7.11 Å². The molecule has 3 nitrogen and oxygen atoms in total. The van der Waals surface area contributed by atoms with Crippen LogP contribution in [0.3, 0.4) is 0 Å². The molecule has 1 saturated heterocycles. The lowest BCUT2D eigenvalue weighted by molar-refractivity contribution is -0.141. The summed E-state index contributed by atoms with van der Waals surface area (Å²) in [7, 11) is 1.41. The molecule has 1 aliphatic rings. The van der Waals surface area contributed by atoms with E-state index < -0.39 is 0 Å². The molecule has 0 radical (unpaired) electrons. The minimum Gasteiger partial charge on any atom is -0.469 e. The minimum atomic E-state index is -0.150. The average Bonchev–Trinajstić information content (AvgIpc) is 2.68. The number of carbonyl (C=O) groups excluding carboxylic acids is 1. The maximum atomic E-state index is 10.7. The summed E-state index contributed by atoms with van der Waals surface area (Å²) in [5.74, 6) is 0.162. The molecule has 0 spiro atoms. The first kappa shape index (κ1) is 7.54. The molecule has 0 saturated carbocycles. The Labute approximate surface area is 60.3 Å². The van der Waals surface area contributed by atoms with E-state index >= 15 is 0 Å². The molecule has 1 heterocycles. The molecule has 0 aromatic carbocycles. The average molecular weight is 144 g/mol. The predicted octanol–water partition coefficient (Wildman–Crippen LogP) is 0.584. The van der Waals surface area contributed by atoms with Crippen LogP contribution in [-0.4, -0.2) is 25.8 Å². The quantitative estimate of drug-likeness (QED) is 0.429. The number of methoxy groups -OCH3 is 1. The number of hydrogen-bond donors (Lipinski definition) is 0. The van der Waals surface area contributed by atoms with Gasteiger partial charge in [0.2, 0.25) is 0 Å². The second-order valence-corrected chi connectivity index (χ2v) is 2.63. The Morgan fingerprint density at radius 3 is 2.90 bits per heavy atom. The highest BCUT2D eigenvalue weighted by Crippen LogP contribution is 2.22. The Morgan fingerprint density at radius 2 is 2.50 bits per heavy atom. The molecule has 0 aliphatic carbocycles. The highest BCUT2D eigenvalue weighted by molar-refractivity contribution is 5.69. The summed E-state index contributed by atoms with van der Waals surface area (Å²) in [6, 6.07) is 0. The SMILES string of the molecule is COC(=O)C[C@H](C)[C@H]1CO1. The Balaban J connectivity index is 2.16. The third kappa shape index (κ3) is 1.99. The molecular weight excluding hydrogens is 132 g/mol. The molecule has 0 amide bonds. The number of esters is 1. The van der Waals surface area contributed by atoms with Crippen LogP contribution in [0.4, 0.5) is 0 Å². The van der Waals surface area contributed by atoms with Crippen LogP contribution in [0, 0.1) is 5.92 Å². The lowest BCUT2D eigenvalue weighted by Crippen LogP contribution is -2.11. The van der Waals surface area contributed by atoms with Crippen LogP contribution in [0.15, 0.2) is 0 Å². The van der Waals surface area contributed by atoms with Gasteiger partial charge in [-0.05, 0) is 5.92 Å². The monoisotopic (exact) mass is 144 g/mol. The second kappa shape index (κ2) is 3.01. The summed E-state index contributed by atoms with van der Waals surface area (Å²) < 4.78 is 9.51. The van der Waals surface area contributed by atoms with E-state index in [4.69, 9.17) is 4.74 Å². The highest BCUT2D eigenvalue weighted by Gasteiger charge is 2.30. The van der Waals surface area contributed by atoms with E-state index in [2.05, 4.69) is 4.74 Å². The van der Waals surface area contributed by atoms with Crippen molar-refractivity contribution in [3.63, 3.8) is 0 Å². The van der Waals surface area contributed by atoms with Crippen molar-refractivity contribution in [3.8, 4) is 0 Å². The summed E-state index contributed by atoms with van der Waals surface area (Å²) >= 11 is 0. The van der Waals surface area contributed by atoms with Crippen LogP contribution in [-0.2, 0) is 14.3 Å². The molecule has 1 aliphatic heterocycles. The molecule has 10 heavy (non-hydrogen) atoms. The van der Waals surface area contributed by atoms with Crippen molar-refractivity contribution in [2.75, 3.05) is 13.7 Å². The largest absolute Gasteiger partial charge is 0.469 e. The molecule has 3 heteroatoms. The molecule has 0 N–H and O–H groups in total.